The second-order valence-corrected chi connectivity index (χ2v) is 4.02. The fraction of sp³-hybridized carbons (Fsp3) is 0.538. The van der Waals surface area contributed by atoms with E-state index in [4.69, 9.17) is 5.11 Å². The van der Waals surface area contributed by atoms with E-state index in [1.165, 1.54) is 0 Å². The number of pyridine rings is 1. The maximum Gasteiger partial charge on any atom is 0.272 e. The molecule has 18 heavy (non-hydrogen) atoms. The van der Waals surface area contributed by atoms with Gasteiger partial charge in [0.25, 0.3) is 5.91 Å². The molecule has 1 amide bonds. The number of hydrogen-bond acceptors (Lipinski definition) is 4. The minimum atomic E-state index is -0.0563. The van der Waals surface area contributed by atoms with Gasteiger partial charge in [-0.2, -0.15) is 0 Å². The van der Waals surface area contributed by atoms with Gasteiger partial charge >= 0.3 is 0 Å². The summed E-state index contributed by atoms with van der Waals surface area (Å²) in [4.78, 5) is 19.9. The molecule has 5 heteroatoms. The van der Waals surface area contributed by atoms with Crippen LogP contribution in [-0.2, 0) is 0 Å². The number of nitrogens with zero attached hydrogens (tertiary/aromatic N) is 3. The summed E-state index contributed by atoms with van der Waals surface area (Å²) in [5, 5.41) is 8.91. The van der Waals surface area contributed by atoms with Gasteiger partial charge < -0.3 is 14.9 Å². The average molecular weight is 251 g/mol. The molecule has 5 nitrogen and oxygen atoms in total. The summed E-state index contributed by atoms with van der Waals surface area (Å²) in [6, 6.07) is 3.59. The summed E-state index contributed by atoms with van der Waals surface area (Å²) < 4.78 is 0. The lowest BCUT2D eigenvalue weighted by molar-refractivity contribution is 0.0767. The van der Waals surface area contributed by atoms with E-state index in [9.17, 15) is 4.79 Å². The van der Waals surface area contributed by atoms with E-state index in [0.29, 0.717) is 25.3 Å². The summed E-state index contributed by atoms with van der Waals surface area (Å²) in [6.45, 7) is 5.86. The first-order valence-electron chi connectivity index (χ1n) is 6.21. The molecule has 1 heterocycles. The second kappa shape index (κ2) is 6.96. The molecule has 1 aromatic heterocycles. The van der Waals surface area contributed by atoms with Crippen molar-refractivity contribution in [1.29, 1.82) is 0 Å². The Kier molecular flexibility index (Phi) is 5.58. The van der Waals surface area contributed by atoms with Gasteiger partial charge in [-0.3, -0.25) is 9.78 Å². The van der Waals surface area contributed by atoms with Crippen LogP contribution >= 0.6 is 0 Å². The highest BCUT2D eigenvalue weighted by Gasteiger charge is 2.14. The normalized spacial score (nSPS) is 10.2. The smallest absolute Gasteiger partial charge is 0.272 e. The van der Waals surface area contributed by atoms with Crippen LogP contribution in [0.4, 0.5) is 5.69 Å². The number of carbonyl (C=O) groups excluding carboxylic acids is 1. The van der Waals surface area contributed by atoms with Crippen molar-refractivity contribution in [3.8, 4) is 0 Å². The molecule has 0 aromatic carbocycles. The summed E-state index contributed by atoms with van der Waals surface area (Å²) in [7, 11) is 1.87. The van der Waals surface area contributed by atoms with E-state index < -0.39 is 0 Å². The van der Waals surface area contributed by atoms with Crippen molar-refractivity contribution >= 4 is 11.6 Å². The Morgan fingerprint density at radius 3 is 2.61 bits per heavy atom. The van der Waals surface area contributed by atoms with E-state index in [1.807, 2.05) is 31.9 Å². The first-order chi connectivity index (χ1) is 8.63. The van der Waals surface area contributed by atoms with Gasteiger partial charge in [0.15, 0.2) is 0 Å². The Balaban J connectivity index is 2.90. The Bertz CT molecular complexity index is 392. The molecule has 1 rings (SSSR count). The standard InChI is InChI=1S/C13H21N3O2/c1-4-16(5-2)13(18)12-10-11(6-7-14-12)15(3)8-9-17/h6-7,10,17H,4-5,8-9H2,1-3H3. The first-order valence-corrected chi connectivity index (χ1v) is 6.21. The zero-order chi connectivity index (χ0) is 13.5. The molecule has 0 aliphatic carbocycles. The monoisotopic (exact) mass is 251 g/mol. The molecule has 0 atom stereocenters. The Labute approximate surface area is 108 Å². The summed E-state index contributed by atoms with van der Waals surface area (Å²) in [5.74, 6) is -0.0563. The molecule has 0 fully saturated rings. The highest BCUT2D eigenvalue weighted by atomic mass is 16.3. The van der Waals surface area contributed by atoms with Gasteiger partial charge in [0.05, 0.1) is 6.61 Å². The molecular weight excluding hydrogens is 230 g/mol. The molecule has 0 aliphatic rings. The van der Waals surface area contributed by atoms with Crippen molar-refractivity contribution in [2.75, 3.05) is 38.2 Å². The van der Waals surface area contributed by atoms with Crippen LogP contribution in [0, 0.1) is 0 Å². The van der Waals surface area contributed by atoms with E-state index in [2.05, 4.69) is 4.98 Å². The summed E-state index contributed by atoms with van der Waals surface area (Å²) >= 11 is 0. The second-order valence-electron chi connectivity index (χ2n) is 4.02. The van der Waals surface area contributed by atoms with Crippen molar-refractivity contribution in [2.24, 2.45) is 0 Å². The molecular formula is C13H21N3O2. The molecule has 0 aliphatic heterocycles. The van der Waals surface area contributed by atoms with Crippen LogP contribution in [0.3, 0.4) is 0 Å². The van der Waals surface area contributed by atoms with Gasteiger partial charge in [-0.25, -0.2) is 0 Å². The fourth-order valence-corrected chi connectivity index (χ4v) is 1.73. The maximum atomic E-state index is 12.1. The number of aliphatic hydroxyl groups is 1. The number of carbonyl (C=O) groups is 1. The van der Waals surface area contributed by atoms with Gasteiger partial charge in [-0.05, 0) is 26.0 Å². The van der Waals surface area contributed by atoms with E-state index in [1.54, 1.807) is 17.2 Å². The Hall–Kier alpha value is -1.62. The minimum Gasteiger partial charge on any atom is -0.395 e. The number of anilines is 1. The predicted octanol–water partition coefficient (Wildman–Crippen LogP) is 0.992. The van der Waals surface area contributed by atoms with Crippen LogP contribution in [0.1, 0.15) is 24.3 Å². The van der Waals surface area contributed by atoms with Crippen molar-refractivity contribution in [2.45, 2.75) is 13.8 Å². The van der Waals surface area contributed by atoms with Gasteiger partial charge in [-0.1, -0.05) is 0 Å². The summed E-state index contributed by atoms with van der Waals surface area (Å²) in [5.41, 5.74) is 1.33. The quantitative estimate of drug-likeness (QED) is 0.819. The van der Waals surface area contributed by atoms with Gasteiger partial charge in [0.2, 0.25) is 0 Å². The van der Waals surface area contributed by atoms with Crippen LogP contribution in [-0.4, -0.2) is 54.2 Å². The third-order valence-corrected chi connectivity index (χ3v) is 2.89. The molecule has 0 spiro atoms. The van der Waals surface area contributed by atoms with Crippen LogP contribution < -0.4 is 4.90 Å². The molecule has 0 saturated carbocycles. The Morgan fingerprint density at radius 2 is 2.06 bits per heavy atom. The maximum absolute atomic E-state index is 12.1. The number of hydrogen-bond donors (Lipinski definition) is 1. The Morgan fingerprint density at radius 1 is 1.39 bits per heavy atom. The van der Waals surface area contributed by atoms with Crippen molar-refractivity contribution in [3.63, 3.8) is 0 Å². The number of amides is 1. The van der Waals surface area contributed by atoms with Gasteiger partial charge in [0.1, 0.15) is 5.69 Å². The van der Waals surface area contributed by atoms with Crippen molar-refractivity contribution in [3.05, 3.63) is 24.0 Å². The fourth-order valence-electron chi connectivity index (χ4n) is 1.73. The molecule has 1 N–H and O–H groups in total. The lowest BCUT2D eigenvalue weighted by Gasteiger charge is -2.21. The average Bonchev–Trinajstić information content (AvgIpc) is 2.40. The molecule has 1 aromatic rings. The van der Waals surface area contributed by atoms with Crippen molar-refractivity contribution < 1.29 is 9.90 Å². The van der Waals surface area contributed by atoms with Crippen LogP contribution in [0.5, 0.6) is 0 Å². The summed E-state index contributed by atoms with van der Waals surface area (Å²) in [6.07, 6.45) is 1.62. The highest BCUT2D eigenvalue weighted by Crippen LogP contribution is 2.13. The third kappa shape index (κ3) is 3.43. The topological polar surface area (TPSA) is 56.7 Å². The van der Waals surface area contributed by atoms with Crippen molar-refractivity contribution in [1.82, 2.24) is 9.88 Å². The number of likely N-dealkylation sites (N-methyl/N-ethyl adjacent to an activating group) is 1. The largest absolute Gasteiger partial charge is 0.395 e. The van der Waals surface area contributed by atoms with E-state index in [-0.39, 0.29) is 12.5 Å². The molecule has 0 saturated heterocycles. The molecule has 0 bridgehead atoms. The number of rotatable bonds is 6. The highest BCUT2D eigenvalue weighted by molar-refractivity contribution is 5.93. The van der Waals surface area contributed by atoms with Crippen LogP contribution in [0.15, 0.2) is 18.3 Å². The first kappa shape index (κ1) is 14.4. The molecule has 0 unspecified atom stereocenters. The van der Waals surface area contributed by atoms with E-state index in [0.717, 1.165) is 5.69 Å². The van der Waals surface area contributed by atoms with Gasteiger partial charge in [0, 0.05) is 38.6 Å². The van der Waals surface area contributed by atoms with Crippen LogP contribution in [0.2, 0.25) is 0 Å². The lowest BCUT2D eigenvalue weighted by Crippen LogP contribution is -2.31. The minimum absolute atomic E-state index is 0.0563. The van der Waals surface area contributed by atoms with Gasteiger partial charge in [-0.15, -0.1) is 0 Å². The number of aromatic nitrogens is 1. The zero-order valence-corrected chi connectivity index (χ0v) is 11.3. The molecule has 100 valence electrons. The third-order valence-electron chi connectivity index (χ3n) is 2.89. The lowest BCUT2D eigenvalue weighted by atomic mass is 10.2. The van der Waals surface area contributed by atoms with Crippen LogP contribution in [0.25, 0.3) is 0 Å². The predicted molar refractivity (Wildman–Crippen MR) is 71.8 cm³/mol. The zero-order valence-electron chi connectivity index (χ0n) is 11.3. The van der Waals surface area contributed by atoms with E-state index >= 15 is 0 Å². The molecule has 0 radical (unpaired) electrons. The number of aliphatic hydroxyl groups excluding tert-OH is 1. The SMILES string of the molecule is CCN(CC)C(=O)c1cc(N(C)CCO)ccn1.